The van der Waals surface area contributed by atoms with Crippen molar-refractivity contribution in [2.75, 3.05) is 19.1 Å². The van der Waals surface area contributed by atoms with Crippen LogP contribution in [-0.4, -0.2) is 72.1 Å². The fraction of sp³-hybridized carbons (Fsp3) is 0.436. The molecule has 0 spiro atoms. The van der Waals surface area contributed by atoms with E-state index in [0.29, 0.717) is 37.1 Å². The number of hydrogen-bond donors (Lipinski definition) is 0. The van der Waals surface area contributed by atoms with E-state index in [4.69, 9.17) is 14.2 Å². The van der Waals surface area contributed by atoms with E-state index in [1.165, 1.54) is 12.0 Å². The summed E-state index contributed by atoms with van der Waals surface area (Å²) in [5, 5.41) is 0. The standard InChI is InChI=1S/C39H43N3O7/c1-47-29-18-16-25(17-19-29)32-20-21-33(36(43)40-24-28-12-7-6-10-26(28)22-35(40)38(45)48-2)41(32)37(44)34-23-27-11-8-9-15-31(27)42(34)39(46)49-30-13-4-3-5-14-30/h6-12,15-19,30,32-35H,3-5,13-14,20-24H2,1-2H3/t32-,33+,34+,35?/m0/s1. The lowest BCUT2D eigenvalue weighted by Gasteiger charge is -2.40. The summed E-state index contributed by atoms with van der Waals surface area (Å²) >= 11 is 0. The molecule has 0 radical (unpaired) electrons. The van der Waals surface area contributed by atoms with E-state index in [-0.39, 0.29) is 24.5 Å². The Labute approximate surface area is 286 Å². The number of fused-ring (bicyclic) bond motifs is 2. The largest absolute Gasteiger partial charge is 0.497 e. The maximum Gasteiger partial charge on any atom is 0.415 e. The third kappa shape index (κ3) is 6.24. The molecule has 10 nitrogen and oxygen atoms in total. The Morgan fingerprint density at radius 1 is 0.673 bits per heavy atom. The Balaban J connectivity index is 1.24. The minimum atomic E-state index is -0.888. The van der Waals surface area contributed by atoms with Gasteiger partial charge in [0.2, 0.25) is 11.8 Å². The molecule has 3 heterocycles. The molecule has 4 atom stereocenters. The number of carbonyl (C=O) groups is 4. The maximum absolute atomic E-state index is 15.1. The van der Waals surface area contributed by atoms with Gasteiger partial charge >= 0.3 is 12.1 Å². The van der Waals surface area contributed by atoms with Crippen molar-refractivity contribution in [2.45, 2.75) is 94.6 Å². The summed E-state index contributed by atoms with van der Waals surface area (Å²) in [5.74, 6) is -0.432. The van der Waals surface area contributed by atoms with Crippen molar-refractivity contribution in [3.63, 3.8) is 0 Å². The minimum Gasteiger partial charge on any atom is -0.497 e. The molecule has 3 aromatic rings. The predicted octanol–water partition coefficient (Wildman–Crippen LogP) is 5.75. The molecule has 1 unspecified atom stereocenters. The highest BCUT2D eigenvalue weighted by molar-refractivity contribution is 6.02. The molecule has 0 aromatic heterocycles. The normalized spacial score (nSPS) is 23.4. The number of rotatable bonds is 6. The van der Waals surface area contributed by atoms with Crippen LogP contribution in [0.3, 0.4) is 0 Å². The van der Waals surface area contributed by atoms with E-state index >= 15 is 4.79 Å². The van der Waals surface area contributed by atoms with Gasteiger partial charge in [-0.25, -0.2) is 9.59 Å². The third-order valence-electron chi connectivity index (χ3n) is 10.7. The molecule has 0 bridgehead atoms. The zero-order valence-electron chi connectivity index (χ0n) is 28.1. The van der Waals surface area contributed by atoms with Gasteiger partial charge in [0, 0.05) is 19.4 Å². The Morgan fingerprint density at radius 2 is 1.35 bits per heavy atom. The number of esters is 1. The van der Waals surface area contributed by atoms with Crippen LogP contribution in [0.2, 0.25) is 0 Å². The summed E-state index contributed by atoms with van der Waals surface area (Å²) in [6.07, 6.45) is 5.61. The van der Waals surface area contributed by atoms with Crippen LogP contribution in [0.5, 0.6) is 5.75 Å². The topological polar surface area (TPSA) is 106 Å². The summed E-state index contributed by atoms with van der Waals surface area (Å²) in [6.45, 7) is 0.231. The summed E-state index contributed by atoms with van der Waals surface area (Å²) < 4.78 is 16.6. The molecular formula is C39H43N3O7. The van der Waals surface area contributed by atoms with Crippen LogP contribution < -0.4 is 9.64 Å². The molecule has 0 N–H and O–H groups in total. The van der Waals surface area contributed by atoms with Gasteiger partial charge in [-0.2, -0.15) is 0 Å². The molecule has 49 heavy (non-hydrogen) atoms. The van der Waals surface area contributed by atoms with E-state index in [1.807, 2.05) is 72.8 Å². The zero-order valence-corrected chi connectivity index (χ0v) is 28.1. The number of ether oxygens (including phenoxy) is 3. The molecular weight excluding hydrogens is 622 g/mol. The Hall–Kier alpha value is -4.86. The number of anilines is 1. The first kappa shape index (κ1) is 32.7. The smallest absolute Gasteiger partial charge is 0.415 e. The lowest BCUT2D eigenvalue weighted by Crippen LogP contribution is -2.58. The lowest BCUT2D eigenvalue weighted by atomic mass is 9.93. The molecule has 1 aliphatic carbocycles. The first-order valence-corrected chi connectivity index (χ1v) is 17.4. The van der Waals surface area contributed by atoms with Crippen LogP contribution in [0.15, 0.2) is 72.8 Å². The van der Waals surface area contributed by atoms with Crippen molar-refractivity contribution in [3.8, 4) is 5.75 Å². The highest BCUT2D eigenvalue weighted by Crippen LogP contribution is 2.42. The van der Waals surface area contributed by atoms with Crippen LogP contribution >= 0.6 is 0 Å². The van der Waals surface area contributed by atoms with Crippen molar-refractivity contribution in [2.24, 2.45) is 0 Å². The fourth-order valence-electron chi connectivity index (χ4n) is 8.17. The van der Waals surface area contributed by atoms with Gasteiger partial charge in [-0.1, -0.05) is 61.0 Å². The van der Waals surface area contributed by atoms with Gasteiger partial charge in [-0.15, -0.1) is 0 Å². The first-order chi connectivity index (χ1) is 23.9. The van der Waals surface area contributed by atoms with E-state index in [1.54, 1.807) is 16.9 Å². The number of methoxy groups -OCH3 is 2. The van der Waals surface area contributed by atoms with Gasteiger partial charge in [0.05, 0.1) is 25.9 Å². The summed E-state index contributed by atoms with van der Waals surface area (Å²) in [7, 11) is 2.93. The number of para-hydroxylation sites is 1. The molecule has 1 saturated carbocycles. The number of benzene rings is 3. The number of hydrogen-bond acceptors (Lipinski definition) is 7. The van der Waals surface area contributed by atoms with Crippen molar-refractivity contribution < 1.29 is 33.4 Å². The van der Waals surface area contributed by atoms with Crippen molar-refractivity contribution in [1.29, 1.82) is 0 Å². The summed E-state index contributed by atoms with van der Waals surface area (Å²) in [5.41, 5.74) is 4.35. The first-order valence-electron chi connectivity index (χ1n) is 17.4. The van der Waals surface area contributed by atoms with Crippen LogP contribution in [0.1, 0.15) is 73.2 Å². The molecule has 2 fully saturated rings. The second kappa shape index (κ2) is 13.9. The maximum atomic E-state index is 15.1. The van der Waals surface area contributed by atoms with Gasteiger partial charge in [0.15, 0.2) is 0 Å². The fourth-order valence-corrected chi connectivity index (χ4v) is 8.17. The van der Waals surface area contributed by atoms with Gasteiger partial charge in [0.1, 0.15) is 30.0 Å². The number of likely N-dealkylation sites (tertiary alicyclic amines) is 1. The second-order valence-electron chi connectivity index (χ2n) is 13.5. The summed E-state index contributed by atoms with van der Waals surface area (Å²) in [6, 6.07) is 19.9. The molecule has 4 aliphatic rings. The van der Waals surface area contributed by atoms with E-state index in [9.17, 15) is 14.4 Å². The molecule has 3 aromatic carbocycles. The van der Waals surface area contributed by atoms with Crippen LogP contribution in [0.25, 0.3) is 0 Å². The number of nitrogens with zero attached hydrogens (tertiary/aromatic N) is 3. The zero-order chi connectivity index (χ0) is 34.1. The van der Waals surface area contributed by atoms with Gasteiger partial charge < -0.3 is 24.0 Å². The number of carbonyl (C=O) groups excluding carboxylic acids is 4. The highest BCUT2D eigenvalue weighted by Gasteiger charge is 2.50. The third-order valence-corrected chi connectivity index (χ3v) is 10.7. The van der Waals surface area contributed by atoms with Gasteiger partial charge in [-0.3, -0.25) is 14.5 Å². The van der Waals surface area contributed by atoms with E-state index < -0.39 is 36.2 Å². The van der Waals surface area contributed by atoms with Crippen molar-refractivity contribution in [3.05, 3.63) is 95.1 Å². The molecule has 256 valence electrons. The molecule has 10 heteroatoms. The van der Waals surface area contributed by atoms with Crippen molar-refractivity contribution >= 4 is 29.6 Å². The highest BCUT2D eigenvalue weighted by atomic mass is 16.6. The predicted molar refractivity (Wildman–Crippen MR) is 182 cm³/mol. The molecule has 3 amide bonds. The number of amides is 3. The van der Waals surface area contributed by atoms with Crippen LogP contribution in [0, 0.1) is 0 Å². The average Bonchev–Trinajstić information content (AvgIpc) is 3.77. The summed E-state index contributed by atoms with van der Waals surface area (Å²) in [4.78, 5) is 61.7. The monoisotopic (exact) mass is 665 g/mol. The second-order valence-corrected chi connectivity index (χ2v) is 13.5. The lowest BCUT2D eigenvalue weighted by molar-refractivity contribution is -0.157. The van der Waals surface area contributed by atoms with Crippen LogP contribution in [-0.2, 0) is 43.2 Å². The molecule has 7 rings (SSSR count). The quantitative estimate of drug-likeness (QED) is 0.309. The van der Waals surface area contributed by atoms with Crippen molar-refractivity contribution in [1.82, 2.24) is 9.80 Å². The van der Waals surface area contributed by atoms with Gasteiger partial charge in [-0.05, 0) is 79.0 Å². The molecule has 1 saturated heterocycles. The van der Waals surface area contributed by atoms with E-state index in [2.05, 4.69) is 0 Å². The molecule has 3 aliphatic heterocycles. The van der Waals surface area contributed by atoms with Gasteiger partial charge in [0.25, 0.3) is 0 Å². The SMILES string of the molecule is COC(=O)C1Cc2ccccc2CN1C(=O)[C@H]1CC[C@@H](c2ccc(OC)cc2)N1C(=O)[C@H]1Cc2ccccc2N1C(=O)OC1CCCCC1. The Morgan fingerprint density at radius 3 is 2.06 bits per heavy atom. The van der Waals surface area contributed by atoms with Crippen LogP contribution in [0.4, 0.5) is 10.5 Å². The van der Waals surface area contributed by atoms with E-state index in [0.717, 1.165) is 54.4 Å². The Kier molecular flexibility index (Phi) is 9.29. The Bertz CT molecular complexity index is 1720. The minimum absolute atomic E-state index is 0.185. The average molecular weight is 666 g/mol.